The Kier molecular flexibility index (Phi) is 7.86. The summed E-state index contributed by atoms with van der Waals surface area (Å²) in [6, 6.07) is 4.61. The first-order chi connectivity index (χ1) is 15.8. The molecule has 1 aromatic carbocycles. The van der Waals surface area contributed by atoms with Crippen LogP contribution in [-0.2, 0) is 4.79 Å². The molecule has 1 unspecified atom stereocenters. The van der Waals surface area contributed by atoms with Crippen molar-refractivity contribution in [3.63, 3.8) is 0 Å². The van der Waals surface area contributed by atoms with E-state index >= 15 is 0 Å². The van der Waals surface area contributed by atoms with E-state index < -0.39 is 11.5 Å². The van der Waals surface area contributed by atoms with Crippen LogP contribution in [0.1, 0.15) is 54.9 Å². The van der Waals surface area contributed by atoms with E-state index in [0.29, 0.717) is 42.7 Å². The fourth-order valence-corrected chi connectivity index (χ4v) is 4.38. The molecule has 3 N–H and O–H groups in total. The Bertz CT molecular complexity index is 1040. The van der Waals surface area contributed by atoms with E-state index in [2.05, 4.69) is 5.32 Å². The molecule has 2 aromatic rings. The lowest BCUT2D eigenvalue weighted by Gasteiger charge is -2.27. The molecule has 1 aromatic heterocycles. The summed E-state index contributed by atoms with van der Waals surface area (Å²) in [6.07, 6.45) is 2.13. The highest BCUT2D eigenvalue weighted by molar-refractivity contribution is 5.78. The van der Waals surface area contributed by atoms with E-state index in [4.69, 9.17) is 18.6 Å². The Morgan fingerprint density at radius 3 is 2.36 bits per heavy atom. The van der Waals surface area contributed by atoms with E-state index in [-0.39, 0.29) is 47.3 Å². The third-order valence-electron chi connectivity index (χ3n) is 6.00. The number of carbonyl (C=O) groups excluding carboxylic acids is 1. The van der Waals surface area contributed by atoms with Gasteiger partial charge in [-0.3, -0.25) is 4.79 Å². The number of hydrogen-bond acceptors (Lipinski definition) is 8. The molecule has 1 atom stereocenters. The van der Waals surface area contributed by atoms with Crippen LogP contribution in [0.5, 0.6) is 23.0 Å². The molecule has 3 rings (SSSR count). The minimum atomic E-state index is -0.870. The number of methoxy groups -OCH3 is 3. The Labute approximate surface area is 192 Å². The van der Waals surface area contributed by atoms with Gasteiger partial charge >= 0.3 is 5.63 Å². The van der Waals surface area contributed by atoms with Crippen LogP contribution in [0.25, 0.3) is 0 Å². The van der Waals surface area contributed by atoms with Crippen LogP contribution in [0, 0.1) is 6.92 Å². The second-order valence-corrected chi connectivity index (χ2v) is 8.20. The first-order valence-corrected chi connectivity index (χ1v) is 10.9. The van der Waals surface area contributed by atoms with Gasteiger partial charge in [0.1, 0.15) is 11.5 Å². The van der Waals surface area contributed by atoms with Gasteiger partial charge in [0.2, 0.25) is 11.7 Å². The summed E-state index contributed by atoms with van der Waals surface area (Å²) in [7, 11) is 4.40. The lowest BCUT2D eigenvalue weighted by Crippen LogP contribution is -2.39. The molecule has 1 heterocycles. The van der Waals surface area contributed by atoms with Crippen LogP contribution in [0.2, 0.25) is 0 Å². The van der Waals surface area contributed by atoms with Crippen molar-refractivity contribution in [1.82, 2.24) is 5.32 Å². The van der Waals surface area contributed by atoms with Crippen LogP contribution in [0.15, 0.2) is 27.4 Å². The summed E-state index contributed by atoms with van der Waals surface area (Å²) >= 11 is 0. The second-order valence-electron chi connectivity index (χ2n) is 8.20. The average molecular weight is 462 g/mol. The zero-order valence-electron chi connectivity index (χ0n) is 19.3. The molecule has 1 fully saturated rings. The number of aliphatic hydroxyl groups excluding tert-OH is 1. The lowest BCUT2D eigenvalue weighted by atomic mass is 9.87. The molecule has 0 aliphatic heterocycles. The molecule has 1 amide bonds. The number of nitrogens with one attached hydrogen (secondary N) is 1. The fraction of sp³-hybridized carbons (Fsp3) is 0.500. The molecule has 0 radical (unpaired) electrons. The molecule has 1 aliphatic carbocycles. The molecular formula is C24H31NO8. The van der Waals surface area contributed by atoms with Gasteiger partial charge in [0, 0.05) is 30.0 Å². The summed E-state index contributed by atoms with van der Waals surface area (Å²) in [4.78, 5) is 25.8. The van der Waals surface area contributed by atoms with Gasteiger partial charge in [0.15, 0.2) is 11.5 Å². The number of aliphatic hydroxyl groups is 1. The maximum absolute atomic E-state index is 13.0. The summed E-state index contributed by atoms with van der Waals surface area (Å²) in [6.45, 7) is 1.56. The van der Waals surface area contributed by atoms with Crippen molar-refractivity contribution in [2.45, 2.75) is 57.1 Å². The smallest absolute Gasteiger partial charge is 0.343 e. The summed E-state index contributed by atoms with van der Waals surface area (Å²) in [5.74, 6) is -0.163. The number of carbonyl (C=O) groups is 1. The third-order valence-corrected chi connectivity index (χ3v) is 6.00. The highest BCUT2D eigenvalue weighted by atomic mass is 16.5. The van der Waals surface area contributed by atoms with Crippen molar-refractivity contribution >= 4 is 5.91 Å². The number of aryl methyl sites for hydroxylation is 1. The van der Waals surface area contributed by atoms with E-state index in [0.717, 1.165) is 0 Å². The Balaban J connectivity index is 2.04. The SMILES string of the molecule is COc1ccc(C(CC(=O)NC2CCC(O)CC2)c2c(O)cc(C)oc2=O)c(OC)c1OC. The maximum atomic E-state index is 13.0. The van der Waals surface area contributed by atoms with Crippen molar-refractivity contribution in [3.8, 4) is 23.0 Å². The normalized spacial score (nSPS) is 18.9. The van der Waals surface area contributed by atoms with Crippen molar-refractivity contribution in [2.24, 2.45) is 0 Å². The number of ether oxygens (including phenoxy) is 3. The van der Waals surface area contributed by atoms with Crippen LogP contribution < -0.4 is 25.2 Å². The highest BCUT2D eigenvalue weighted by Crippen LogP contribution is 2.45. The third kappa shape index (κ3) is 5.42. The molecule has 1 aliphatic rings. The van der Waals surface area contributed by atoms with Crippen LogP contribution >= 0.6 is 0 Å². The minimum absolute atomic E-state index is 0.0414. The molecule has 33 heavy (non-hydrogen) atoms. The molecule has 9 nitrogen and oxygen atoms in total. The monoisotopic (exact) mass is 461 g/mol. The number of hydrogen-bond donors (Lipinski definition) is 3. The van der Waals surface area contributed by atoms with Gasteiger partial charge in [-0.25, -0.2) is 4.79 Å². The van der Waals surface area contributed by atoms with Gasteiger partial charge in [-0.15, -0.1) is 0 Å². The standard InChI is InChI=1S/C24H31NO8/c1-13-11-18(27)21(24(29)33-13)17(12-20(28)25-14-5-7-15(26)8-6-14)16-9-10-19(30-2)23(32-4)22(16)31-3/h9-11,14-15,17,26-27H,5-8,12H2,1-4H3,(H,25,28). The van der Waals surface area contributed by atoms with Crippen molar-refractivity contribution < 1.29 is 33.6 Å². The molecule has 0 bridgehead atoms. The maximum Gasteiger partial charge on any atom is 0.343 e. The van der Waals surface area contributed by atoms with Crippen LogP contribution in [-0.4, -0.2) is 49.6 Å². The first kappa shape index (κ1) is 24.4. The number of aromatic hydroxyl groups is 1. The molecule has 1 saturated carbocycles. The Morgan fingerprint density at radius 1 is 1.12 bits per heavy atom. The summed E-state index contributed by atoms with van der Waals surface area (Å²) in [5.41, 5.74) is -0.306. The van der Waals surface area contributed by atoms with Gasteiger partial charge in [0.05, 0.1) is 33.0 Å². The Hall–Kier alpha value is -3.20. The minimum Gasteiger partial charge on any atom is -0.507 e. The van der Waals surface area contributed by atoms with E-state index in [1.807, 2.05) is 0 Å². The predicted molar refractivity (Wildman–Crippen MR) is 120 cm³/mol. The average Bonchev–Trinajstić information content (AvgIpc) is 2.78. The number of benzene rings is 1. The van der Waals surface area contributed by atoms with Gasteiger partial charge in [0.25, 0.3) is 0 Å². The molecule has 0 saturated heterocycles. The van der Waals surface area contributed by atoms with Crippen molar-refractivity contribution in [3.05, 3.63) is 45.5 Å². The second kappa shape index (κ2) is 10.6. The molecule has 180 valence electrons. The molecular weight excluding hydrogens is 430 g/mol. The quantitative estimate of drug-likeness (QED) is 0.547. The van der Waals surface area contributed by atoms with Crippen molar-refractivity contribution in [2.75, 3.05) is 21.3 Å². The van der Waals surface area contributed by atoms with E-state index in [1.165, 1.54) is 27.4 Å². The van der Waals surface area contributed by atoms with Gasteiger partial charge in [-0.05, 0) is 38.7 Å². The highest BCUT2D eigenvalue weighted by Gasteiger charge is 2.31. The zero-order chi connectivity index (χ0) is 24.1. The summed E-state index contributed by atoms with van der Waals surface area (Å²) in [5, 5.41) is 23.3. The lowest BCUT2D eigenvalue weighted by molar-refractivity contribution is -0.122. The first-order valence-electron chi connectivity index (χ1n) is 10.9. The molecule has 9 heteroatoms. The Morgan fingerprint density at radius 2 is 1.79 bits per heavy atom. The zero-order valence-corrected chi connectivity index (χ0v) is 19.3. The fourth-order valence-electron chi connectivity index (χ4n) is 4.38. The van der Waals surface area contributed by atoms with Gasteiger partial charge < -0.3 is 34.2 Å². The van der Waals surface area contributed by atoms with E-state index in [1.54, 1.807) is 19.1 Å². The number of amides is 1. The number of rotatable bonds is 8. The van der Waals surface area contributed by atoms with Crippen LogP contribution in [0.4, 0.5) is 0 Å². The molecule has 0 spiro atoms. The van der Waals surface area contributed by atoms with Gasteiger partial charge in [-0.2, -0.15) is 0 Å². The predicted octanol–water partition coefficient (Wildman–Crippen LogP) is 2.62. The van der Waals surface area contributed by atoms with Crippen molar-refractivity contribution in [1.29, 1.82) is 0 Å². The van der Waals surface area contributed by atoms with Gasteiger partial charge in [-0.1, -0.05) is 6.07 Å². The largest absolute Gasteiger partial charge is 0.507 e. The van der Waals surface area contributed by atoms with E-state index in [9.17, 15) is 19.8 Å². The summed E-state index contributed by atoms with van der Waals surface area (Å²) < 4.78 is 21.6. The topological polar surface area (TPSA) is 127 Å². The van der Waals surface area contributed by atoms with Crippen LogP contribution in [0.3, 0.4) is 0 Å².